The van der Waals surface area contributed by atoms with E-state index >= 15 is 0 Å². The van der Waals surface area contributed by atoms with Gasteiger partial charge in [-0.3, -0.25) is 4.79 Å². The number of hydrogen-bond acceptors (Lipinski definition) is 4. The summed E-state index contributed by atoms with van der Waals surface area (Å²) in [5, 5.41) is 3.72. The van der Waals surface area contributed by atoms with Gasteiger partial charge in [-0.1, -0.05) is 40.9 Å². The molecule has 0 unspecified atom stereocenters. The molecule has 1 amide bonds. The van der Waals surface area contributed by atoms with Crippen LogP contribution in [-0.4, -0.2) is 16.6 Å². The first-order valence-electron chi connectivity index (χ1n) is 8.28. The van der Waals surface area contributed by atoms with Crippen LogP contribution in [-0.2, 0) is 10.5 Å². The molecular weight excluding hydrogens is 403 g/mol. The Kier molecular flexibility index (Phi) is 6.47. The molecule has 4 nitrogen and oxygen atoms in total. The molecule has 27 heavy (non-hydrogen) atoms. The fourth-order valence-electron chi connectivity index (χ4n) is 2.48. The zero-order valence-electron chi connectivity index (χ0n) is 14.9. The Balaban J connectivity index is 1.56. The van der Waals surface area contributed by atoms with Gasteiger partial charge in [-0.05, 0) is 44.2 Å². The maximum atomic E-state index is 12.1. The number of aryl methyl sites for hydroxylation is 2. The Labute approximate surface area is 172 Å². The predicted molar refractivity (Wildman–Crippen MR) is 113 cm³/mol. The summed E-state index contributed by atoms with van der Waals surface area (Å²) < 4.78 is 5.78. The molecule has 0 aliphatic heterocycles. The molecule has 3 aromatic rings. The van der Waals surface area contributed by atoms with Crippen molar-refractivity contribution in [3.05, 3.63) is 69.5 Å². The molecule has 2 aromatic carbocycles. The van der Waals surface area contributed by atoms with Crippen LogP contribution in [0.15, 0.2) is 46.9 Å². The van der Waals surface area contributed by atoms with Crippen LogP contribution in [0.4, 0.5) is 5.69 Å². The van der Waals surface area contributed by atoms with E-state index < -0.39 is 0 Å². The summed E-state index contributed by atoms with van der Waals surface area (Å²) in [7, 11) is 0. The SMILES string of the molecule is Cc1cccc(-c2nc(CSCC(=O)Nc3ccc(Cl)cc3Cl)c(C)o2)c1. The molecular formula is C20H18Cl2N2O2S. The van der Waals surface area contributed by atoms with E-state index in [4.69, 9.17) is 27.6 Å². The van der Waals surface area contributed by atoms with Crippen molar-refractivity contribution in [2.24, 2.45) is 0 Å². The fourth-order valence-corrected chi connectivity index (χ4v) is 3.76. The van der Waals surface area contributed by atoms with Gasteiger partial charge in [-0.25, -0.2) is 4.98 Å². The summed E-state index contributed by atoms with van der Waals surface area (Å²) >= 11 is 13.4. The van der Waals surface area contributed by atoms with Gasteiger partial charge in [0.2, 0.25) is 11.8 Å². The van der Waals surface area contributed by atoms with Crippen molar-refractivity contribution < 1.29 is 9.21 Å². The third-order valence-electron chi connectivity index (χ3n) is 3.83. The van der Waals surface area contributed by atoms with Crippen molar-refractivity contribution in [2.45, 2.75) is 19.6 Å². The van der Waals surface area contributed by atoms with E-state index in [9.17, 15) is 4.79 Å². The average Bonchev–Trinajstić information content (AvgIpc) is 2.98. The number of thioether (sulfide) groups is 1. The minimum atomic E-state index is -0.135. The van der Waals surface area contributed by atoms with Crippen LogP contribution in [0.2, 0.25) is 10.0 Å². The Morgan fingerprint density at radius 2 is 2.00 bits per heavy atom. The van der Waals surface area contributed by atoms with E-state index in [1.807, 2.05) is 38.1 Å². The lowest BCUT2D eigenvalue weighted by molar-refractivity contribution is -0.113. The number of anilines is 1. The lowest BCUT2D eigenvalue weighted by atomic mass is 10.1. The van der Waals surface area contributed by atoms with E-state index in [1.165, 1.54) is 11.8 Å². The number of nitrogens with one attached hydrogen (secondary N) is 1. The van der Waals surface area contributed by atoms with Gasteiger partial charge in [-0.15, -0.1) is 11.8 Å². The molecule has 0 aliphatic rings. The van der Waals surface area contributed by atoms with Gasteiger partial charge in [0.15, 0.2) is 0 Å². The van der Waals surface area contributed by atoms with Gasteiger partial charge in [0, 0.05) is 16.3 Å². The third-order valence-corrected chi connectivity index (χ3v) is 5.33. The number of carbonyl (C=O) groups excluding carboxylic acids is 1. The number of aromatic nitrogens is 1. The van der Waals surface area contributed by atoms with Crippen molar-refractivity contribution in [3.8, 4) is 11.5 Å². The zero-order valence-corrected chi connectivity index (χ0v) is 17.2. The number of nitrogens with zero attached hydrogens (tertiary/aromatic N) is 1. The molecule has 0 radical (unpaired) electrons. The molecule has 0 spiro atoms. The molecule has 0 atom stereocenters. The molecule has 3 rings (SSSR count). The molecule has 1 heterocycles. The lowest BCUT2D eigenvalue weighted by Gasteiger charge is -2.07. The number of hydrogen-bond donors (Lipinski definition) is 1. The molecule has 0 saturated carbocycles. The van der Waals surface area contributed by atoms with Crippen molar-refractivity contribution in [2.75, 3.05) is 11.1 Å². The van der Waals surface area contributed by atoms with Gasteiger partial charge >= 0.3 is 0 Å². The zero-order chi connectivity index (χ0) is 19.4. The Morgan fingerprint density at radius 3 is 2.74 bits per heavy atom. The van der Waals surface area contributed by atoms with Crippen LogP contribution in [0.25, 0.3) is 11.5 Å². The normalized spacial score (nSPS) is 10.8. The molecule has 1 aromatic heterocycles. The summed E-state index contributed by atoms with van der Waals surface area (Å²) in [4.78, 5) is 16.7. The minimum Gasteiger partial charge on any atom is -0.441 e. The van der Waals surface area contributed by atoms with Crippen molar-refractivity contribution in [1.29, 1.82) is 0 Å². The lowest BCUT2D eigenvalue weighted by Crippen LogP contribution is -2.14. The highest BCUT2D eigenvalue weighted by Crippen LogP contribution is 2.27. The molecule has 0 fully saturated rings. The maximum Gasteiger partial charge on any atom is 0.234 e. The van der Waals surface area contributed by atoms with Gasteiger partial charge in [0.1, 0.15) is 5.76 Å². The average molecular weight is 421 g/mol. The number of halogens is 2. The van der Waals surface area contributed by atoms with Gasteiger partial charge in [-0.2, -0.15) is 0 Å². The molecule has 7 heteroatoms. The number of rotatable bonds is 6. The van der Waals surface area contributed by atoms with E-state index in [0.29, 0.717) is 27.4 Å². The highest BCUT2D eigenvalue weighted by molar-refractivity contribution is 7.99. The van der Waals surface area contributed by atoms with E-state index in [0.717, 1.165) is 22.6 Å². The number of benzene rings is 2. The van der Waals surface area contributed by atoms with Crippen LogP contribution in [0.5, 0.6) is 0 Å². The first kappa shape index (κ1) is 19.8. The number of carbonyl (C=O) groups is 1. The quantitative estimate of drug-likeness (QED) is 0.520. The van der Waals surface area contributed by atoms with Crippen molar-refractivity contribution in [3.63, 3.8) is 0 Å². The Morgan fingerprint density at radius 1 is 1.19 bits per heavy atom. The van der Waals surface area contributed by atoms with Crippen molar-refractivity contribution in [1.82, 2.24) is 4.98 Å². The van der Waals surface area contributed by atoms with E-state index in [2.05, 4.69) is 10.3 Å². The van der Waals surface area contributed by atoms with Crippen LogP contribution in [0, 0.1) is 13.8 Å². The second-order valence-electron chi connectivity index (χ2n) is 6.06. The smallest absolute Gasteiger partial charge is 0.234 e. The second-order valence-corrected chi connectivity index (χ2v) is 7.89. The highest BCUT2D eigenvalue weighted by atomic mass is 35.5. The molecule has 0 saturated heterocycles. The topological polar surface area (TPSA) is 55.1 Å². The Hall–Kier alpha value is -1.95. The number of oxazole rings is 1. The van der Waals surface area contributed by atoms with Gasteiger partial charge in [0.05, 0.1) is 22.2 Å². The van der Waals surface area contributed by atoms with Crippen LogP contribution < -0.4 is 5.32 Å². The maximum absolute atomic E-state index is 12.1. The second kappa shape index (κ2) is 8.83. The largest absolute Gasteiger partial charge is 0.441 e. The first-order chi connectivity index (χ1) is 12.9. The first-order valence-corrected chi connectivity index (χ1v) is 10.2. The summed E-state index contributed by atoms with van der Waals surface area (Å²) in [6.07, 6.45) is 0. The molecule has 0 aliphatic carbocycles. The predicted octanol–water partition coefficient (Wildman–Crippen LogP) is 6.14. The summed E-state index contributed by atoms with van der Waals surface area (Å²) in [5.74, 6) is 2.10. The van der Waals surface area contributed by atoms with Gasteiger partial charge < -0.3 is 9.73 Å². The fraction of sp³-hybridized carbons (Fsp3) is 0.200. The van der Waals surface area contributed by atoms with Crippen LogP contribution in [0.3, 0.4) is 0 Å². The Bertz CT molecular complexity index is 972. The molecule has 140 valence electrons. The minimum absolute atomic E-state index is 0.135. The van der Waals surface area contributed by atoms with Gasteiger partial charge in [0.25, 0.3) is 0 Å². The molecule has 0 bridgehead atoms. The summed E-state index contributed by atoms with van der Waals surface area (Å²) in [5.41, 5.74) is 3.49. The monoisotopic (exact) mass is 420 g/mol. The van der Waals surface area contributed by atoms with E-state index in [1.54, 1.807) is 18.2 Å². The standard InChI is InChI=1S/C20H18Cl2N2O2S/c1-12-4-3-5-14(8-12)20-24-18(13(2)26-20)10-27-11-19(25)23-17-7-6-15(21)9-16(17)22/h3-9H,10-11H2,1-2H3,(H,23,25). The number of amides is 1. The van der Waals surface area contributed by atoms with Crippen molar-refractivity contribution >= 4 is 46.6 Å². The summed E-state index contributed by atoms with van der Waals surface area (Å²) in [6.45, 7) is 3.91. The third kappa shape index (κ3) is 5.28. The van der Waals surface area contributed by atoms with E-state index in [-0.39, 0.29) is 11.7 Å². The van der Waals surface area contributed by atoms with Crippen LogP contribution >= 0.6 is 35.0 Å². The van der Waals surface area contributed by atoms with Crippen LogP contribution in [0.1, 0.15) is 17.0 Å². The highest BCUT2D eigenvalue weighted by Gasteiger charge is 2.13. The summed E-state index contributed by atoms with van der Waals surface area (Å²) in [6, 6.07) is 13.0. The molecule has 1 N–H and O–H groups in total.